The fourth-order valence-electron chi connectivity index (χ4n) is 2.44. The number of rotatable bonds is 2. The number of hydrogen-bond donors (Lipinski definition) is 1. The maximum absolute atomic E-state index is 11.2. The van der Waals surface area contributed by atoms with Crippen molar-refractivity contribution in [3.05, 3.63) is 21.4 Å². The number of morpholine rings is 1. The minimum atomic E-state index is -0.347. The summed E-state index contributed by atoms with van der Waals surface area (Å²) in [6.45, 7) is 3.66. The molecule has 2 fully saturated rings. The average molecular weight is 270 g/mol. The minimum Gasteiger partial charge on any atom is -0.371 e. The summed E-state index contributed by atoms with van der Waals surface area (Å²) in [5, 5.41) is 6.66. The largest absolute Gasteiger partial charge is 0.371 e. The molecule has 1 saturated carbocycles. The number of ether oxygens (including phenoxy) is 1. The van der Waals surface area contributed by atoms with Crippen molar-refractivity contribution in [1.82, 2.24) is 10.2 Å². The molecule has 18 heavy (non-hydrogen) atoms. The second-order valence-corrected chi connectivity index (χ2v) is 5.54. The highest BCUT2D eigenvalue weighted by molar-refractivity contribution is 6.30. The molecule has 1 aliphatic heterocycles. The second-order valence-electron chi connectivity index (χ2n) is 5.13. The Hall–Kier alpha value is -1.07. The summed E-state index contributed by atoms with van der Waals surface area (Å²) in [4.78, 5) is 13.3. The lowest BCUT2D eigenvalue weighted by Gasteiger charge is -2.37. The third-order valence-electron chi connectivity index (χ3n) is 3.50. The van der Waals surface area contributed by atoms with Gasteiger partial charge in [-0.2, -0.15) is 5.10 Å². The molecule has 98 valence electrons. The zero-order valence-corrected chi connectivity index (χ0v) is 11.0. The molecule has 1 aliphatic carbocycles. The third kappa shape index (κ3) is 2.37. The van der Waals surface area contributed by atoms with Crippen LogP contribution in [0, 0.1) is 5.92 Å². The van der Waals surface area contributed by atoms with E-state index >= 15 is 0 Å². The van der Waals surface area contributed by atoms with Crippen molar-refractivity contribution in [2.45, 2.75) is 32.0 Å². The molecule has 2 heterocycles. The molecular formula is C12H16ClN3O2. The molecule has 2 aliphatic rings. The zero-order chi connectivity index (χ0) is 12.7. The molecule has 1 N–H and O–H groups in total. The van der Waals surface area contributed by atoms with Crippen LogP contribution >= 0.6 is 11.6 Å². The first-order valence-corrected chi connectivity index (χ1v) is 6.67. The van der Waals surface area contributed by atoms with Crippen LogP contribution in [0.15, 0.2) is 10.9 Å². The lowest BCUT2D eigenvalue weighted by atomic mass is 10.1. The van der Waals surface area contributed by atoms with Crippen LogP contribution in [0.2, 0.25) is 5.02 Å². The van der Waals surface area contributed by atoms with E-state index in [1.165, 1.54) is 12.8 Å². The molecule has 0 radical (unpaired) electrons. The standard InChI is InChI=1S/C12H16ClN3O2/c1-7-5-16(6-10(18-7)8-2-3-8)11-4-9(13)12(17)15-14-11/h4,7-8,10H,2-3,5-6H2,1H3,(H,15,17)/t7-,10+/m1/s1. The number of hydrogen-bond acceptors (Lipinski definition) is 4. The normalized spacial score (nSPS) is 28.4. The van der Waals surface area contributed by atoms with Crippen LogP contribution in [0.3, 0.4) is 0 Å². The number of aromatic amines is 1. The number of H-pyrrole nitrogens is 1. The van der Waals surface area contributed by atoms with E-state index in [4.69, 9.17) is 16.3 Å². The van der Waals surface area contributed by atoms with Crippen molar-refractivity contribution >= 4 is 17.4 Å². The first-order chi connectivity index (χ1) is 8.63. The molecule has 6 heteroatoms. The monoisotopic (exact) mass is 269 g/mol. The minimum absolute atomic E-state index is 0.178. The van der Waals surface area contributed by atoms with Gasteiger partial charge in [0.1, 0.15) is 5.02 Å². The van der Waals surface area contributed by atoms with Gasteiger partial charge in [-0.05, 0) is 25.7 Å². The predicted molar refractivity (Wildman–Crippen MR) is 69.1 cm³/mol. The first kappa shape index (κ1) is 12.0. The first-order valence-electron chi connectivity index (χ1n) is 6.29. The van der Waals surface area contributed by atoms with Gasteiger partial charge in [0.2, 0.25) is 0 Å². The molecule has 1 saturated heterocycles. The Kier molecular flexibility index (Phi) is 3.03. The van der Waals surface area contributed by atoms with Crippen LogP contribution in [0.5, 0.6) is 0 Å². The molecule has 1 aromatic rings. The lowest BCUT2D eigenvalue weighted by Crippen LogP contribution is -2.48. The van der Waals surface area contributed by atoms with Crippen LogP contribution in [-0.2, 0) is 4.74 Å². The van der Waals surface area contributed by atoms with Crippen molar-refractivity contribution in [3.63, 3.8) is 0 Å². The quantitative estimate of drug-likeness (QED) is 0.882. The fraction of sp³-hybridized carbons (Fsp3) is 0.667. The lowest BCUT2D eigenvalue weighted by molar-refractivity contribution is -0.0274. The van der Waals surface area contributed by atoms with Gasteiger partial charge in [-0.25, -0.2) is 5.10 Å². The van der Waals surface area contributed by atoms with Crippen molar-refractivity contribution in [2.75, 3.05) is 18.0 Å². The van der Waals surface area contributed by atoms with Crippen LogP contribution in [0.1, 0.15) is 19.8 Å². The van der Waals surface area contributed by atoms with E-state index in [1.54, 1.807) is 6.07 Å². The maximum atomic E-state index is 11.2. The summed E-state index contributed by atoms with van der Waals surface area (Å²) < 4.78 is 5.94. The van der Waals surface area contributed by atoms with Crippen LogP contribution < -0.4 is 10.5 Å². The Labute approximate surface area is 110 Å². The summed E-state index contributed by atoms with van der Waals surface area (Å²) >= 11 is 5.84. The summed E-state index contributed by atoms with van der Waals surface area (Å²) in [6, 6.07) is 1.63. The van der Waals surface area contributed by atoms with E-state index in [2.05, 4.69) is 22.0 Å². The highest BCUT2D eigenvalue weighted by Gasteiger charge is 2.37. The van der Waals surface area contributed by atoms with Gasteiger partial charge in [-0.3, -0.25) is 4.79 Å². The topological polar surface area (TPSA) is 58.2 Å². The number of aromatic nitrogens is 2. The molecule has 3 rings (SSSR count). The molecule has 2 atom stereocenters. The van der Waals surface area contributed by atoms with Gasteiger partial charge in [0.05, 0.1) is 12.2 Å². The Balaban J connectivity index is 1.81. The Morgan fingerprint density at radius 2 is 2.28 bits per heavy atom. The highest BCUT2D eigenvalue weighted by Crippen LogP contribution is 2.37. The van der Waals surface area contributed by atoms with Crippen LogP contribution in [0.25, 0.3) is 0 Å². The smallest absolute Gasteiger partial charge is 0.283 e. The maximum Gasteiger partial charge on any atom is 0.283 e. The Morgan fingerprint density at radius 1 is 1.50 bits per heavy atom. The third-order valence-corrected chi connectivity index (χ3v) is 3.78. The molecular weight excluding hydrogens is 254 g/mol. The van der Waals surface area contributed by atoms with Crippen LogP contribution in [0.4, 0.5) is 5.82 Å². The van der Waals surface area contributed by atoms with Crippen molar-refractivity contribution in [3.8, 4) is 0 Å². The molecule has 0 unspecified atom stereocenters. The molecule has 5 nitrogen and oxygen atoms in total. The number of halogens is 1. The van der Waals surface area contributed by atoms with Gasteiger partial charge >= 0.3 is 0 Å². The van der Waals surface area contributed by atoms with Crippen molar-refractivity contribution < 1.29 is 4.74 Å². The predicted octanol–water partition coefficient (Wildman–Crippen LogP) is 1.43. The van der Waals surface area contributed by atoms with Crippen molar-refractivity contribution in [1.29, 1.82) is 0 Å². The molecule has 0 amide bonds. The van der Waals surface area contributed by atoms with Gasteiger partial charge in [-0.1, -0.05) is 11.6 Å². The van der Waals surface area contributed by atoms with E-state index in [0.717, 1.165) is 18.9 Å². The zero-order valence-electron chi connectivity index (χ0n) is 10.2. The second kappa shape index (κ2) is 4.55. The molecule has 0 bridgehead atoms. The van der Waals surface area contributed by atoms with E-state index in [1.807, 2.05) is 0 Å². The molecule has 0 spiro atoms. The van der Waals surface area contributed by atoms with Gasteiger partial charge in [0.25, 0.3) is 5.56 Å². The van der Waals surface area contributed by atoms with Gasteiger partial charge in [0, 0.05) is 19.2 Å². The van der Waals surface area contributed by atoms with Gasteiger partial charge in [0.15, 0.2) is 5.82 Å². The number of nitrogens with one attached hydrogen (secondary N) is 1. The fourth-order valence-corrected chi connectivity index (χ4v) is 2.58. The van der Waals surface area contributed by atoms with E-state index < -0.39 is 0 Å². The van der Waals surface area contributed by atoms with E-state index in [0.29, 0.717) is 5.92 Å². The molecule has 0 aromatic carbocycles. The molecule has 1 aromatic heterocycles. The SMILES string of the molecule is C[C@@H]1CN(c2cc(Cl)c(=O)[nH]n2)C[C@@H](C2CC2)O1. The summed E-state index contributed by atoms with van der Waals surface area (Å²) in [5.74, 6) is 1.41. The van der Waals surface area contributed by atoms with Gasteiger partial charge in [-0.15, -0.1) is 0 Å². The van der Waals surface area contributed by atoms with E-state index in [-0.39, 0.29) is 22.8 Å². The summed E-state index contributed by atoms with van der Waals surface area (Å²) in [7, 11) is 0. The van der Waals surface area contributed by atoms with Crippen LogP contribution in [-0.4, -0.2) is 35.5 Å². The average Bonchev–Trinajstić information content (AvgIpc) is 3.16. The summed E-state index contributed by atoms with van der Waals surface area (Å²) in [5.41, 5.74) is -0.347. The summed E-state index contributed by atoms with van der Waals surface area (Å²) in [6.07, 6.45) is 2.97. The number of nitrogens with zero attached hydrogens (tertiary/aromatic N) is 2. The Morgan fingerprint density at radius 3 is 2.94 bits per heavy atom. The number of anilines is 1. The van der Waals surface area contributed by atoms with E-state index in [9.17, 15) is 4.79 Å². The van der Waals surface area contributed by atoms with Gasteiger partial charge < -0.3 is 9.64 Å². The highest BCUT2D eigenvalue weighted by atomic mass is 35.5. The Bertz CT molecular complexity index is 500. The van der Waals surface area contributed by atoms with Crippen molar-refractivity contribution in [2.24, 2.45) is 5.92 Å².